The van der Waals surface area contributed by atoms with Crippen LogP contribution in [0.15, 0.2) is 91.0 Å². The maximum Gasteiger partial charge on any atom is 0.292 e. The fourth-order valence-corrected chi connectivity index (χ4v) is 8.50. The summed E-state index contributed by atoms with van der Waals surface area (Å²) in [6, 6.07) is 32.0. The molecule has 1 atom stereocenters. The van der Waals surface area contributed by atoms with Crippen molar-refractivity contribution in [1.82, 2.24) is 0 Å². The quantitative estimate of drug-likeness (QED) is 0.208. The molecule has 0 aliphatic rings. The number of nitrogens with zero attached hydrogens (tertiary/aromatic N) is 1. The summed E-state index contributed by atoms with van der Waals surface area (Å²) in [5.41, 5.74) is 11.3. The number of likely N-dealkylation sites (N-methyl/N-ethyl adjacent to an activating group) is 1. The van der Waals surface area contributed by atoms with Gasteiger partial charge in [0.2, 0.25) is 0 Å². The smallest absolute Gasteiger partial charge is 0.292 e. The van der Waals surface area contributed by atoms with Crippen molar-refractivity contribution in [1.29, 1.82) is 5.41 Å². The van der Waals surface area contributed by atoms with Crippen LogP contribution in [-0.2, 0) is 4.79 Å². The van der Waals surface area contributed by atoms with Gasteiger partial charge in [0.05, 0.1) is 19.8 Å². The third-order valence-corrected chi connectivity index (χ3v) is 10.3. The number of amides is 1. The maximum atomic E-state index is 11.6. The van der Waals surface area contributed by atoms with Crippen LogP contribution in [0, 0.1) is 5.41 Å². The lowest BCUT2D eigenvalue weighted by molar-refractivity contribution is -0.814. The molecule has 3 aromatic rings. The molecule has 0 saturated carbocycles. The molecule has 31 heavy (non-hydrogen) atoms. The summed E-state index contributed by atoms with van der Waals surface area (Å²) in [5.74, 6) is -0.491. The standard InChI is InChI=1S/C25H30N4OP/c1-29(25(27)28,20-24(26)30)18-11-19-31(21-12-5-2-6-13-21,22-14-7-3-8-15-22)23-16-9-4-10-17-23/h2-10,12-17H,11,18-20H2,1H3,(H4-,26,27,28,30)/q+1/p+1. The second-order valence-corrected chi connectivity index (χ2v) is 11.6. The van der Waals surface area contributed by atoms with E-state index in [2.05, 4.69) is 72.8 Å². The number of primary amides is 1. The van der Waals surface area contributed by atoms with Gasteiger partial charge in [-0.3, -0.25) is 9.28 Å². The summed E-state index contributed by atoms with van der Waals surface area (Å²) in [5, 5.41) is 12.0. The molecule has 160 valence electrons. The monoisotopic (exact) mass is 434 g/mol. The Bertz CT molecular complexity index is 915. The molecule has 1 unspecified atom stereocenters. The molecule has 0 aliphatic carbocycles. The zero-order valence-electron chi connectivity index (χ0n) is 17.9. The Morgan fingerprint density at radius 2 is 1.19 bits per heavy atom. The van der Waals surface area contributed by atoms with Crippen LogP contribution in [0.1, 0.15) is 6.42 Å². The van der Waals surface area contributed by atoms with Crippen molar-refractivity contribution < 1.29 is 9.28 Å². The van der Waals surface area contributed by atoms with Crippen LogP contribution in [0.5, 0.6) is 0 Å². The number of carbonyl (C=O) groups is 1. The summed E-state index contributed by atoms with van der Waals surface area (Å²) in [6.45, 7) is 0.606. The van der Waals surface area contributed by atoms with E-state index in [1.165, 1.54) is 15.9 Å². The fourth-order valence-electron chi connectivity index (χ4n) is 4.17. The first kappa shape index (κ1) is 22.7. The van der Waals surface area contributed by atoms with Crippen molar-refractivity contribution in [3.63, 3.8) is 0 Å². The van der Waals surface area contributed by atoms with Gasteiger partial charge >= 0.3 is 0 Å². The molecule has 0 fully saturated rings. The highest BCUT2D eigenvalue weighted by molar-refractivity contribution is 7.95. The van der Waals surface area contributed by atoms with Crippen molar-refractivity contribution >= 4 is 35.0 Å². The zero-order valence-corrected chi connectivity index (χ0v) is 18.8. The molecule has 6 heteroatoms. The Morgan fingerprint density at radius 1 is 0.806 bits per heavy atom. The molecule has 0 spiro atoms. The van der Waals surface area contributed by atoms with E-state index in [1.54, 1.807) is 7.05 Å². The minimum atomic E-state index is -1.94. The van der Waals surface area contributed by atoms with Gasteiger partial charge in [0.1, 0.15) is 23.2 Å². The van der Waals surface area contributed by atoms with Gasteiger partial charge in [-0.2, -0.15) is 0 Å². The number of benzene rings is 3. The van der Waals surface area contributed by atoms with Gasteiger partial charge in [0.25, 0.3) is 11.9 Å². The van der Waals surface area contributed by atoms with E-state index in [9.17, 15) is 4.79 Å². The average molecular weight is 435 g/mol. The molecule has 0 radical (unpaired) electrons. The molecule has 0 heterocycles. The number of guanidine groups is 1. The van der Waals surface area contributed by atoms with E-state index in [4.69, 9.17) is 16.9 Å². The first-order valence-electron chi connectivity index (χ1n) is 10.4. The molecule has 0 aromatic heterocycles. The number of nitrogens with two attached hydrogens (primary N) is 2. The molecule has 3 aromatic carbocycles. The van der Waals surface area contributed by atoms with Crippen LogP contribution >= 0.6 is 7.26 Å². The first-order chi connectivity index (χ1) is 14.9. The van der Waals surface area contributed by atoms with Gasteiger partial charge in [-0.1, -0.05) is 54.6 Å². The van der Waals surface area contributed by atoms with E-state index in [0.29, 0.717) is 6.54 Å². The Balaban J connectivity index is 2.06. The van der Waals surface area contributed by atoms with Gasteiger partial charge < -0.3 is 11.5 Å². The van der Waals surface area contributed by atoms with Crippen molar-refractivity contribution in [2.75, 3.05) is 26.3 Å². The average Bonchev–Trinajstić information content (AvgIpc) is 2.78. The van der Waals surface area contributed by atoms with E-state index < -0.39 is 13.2 Å². The first-order valence-corrected chi connectivity index (χ1v) is 12.4. The van der Waals surface area contributed by atoms with Crippen molar-refractivity contribution in [2.24, 2.45) is 11.5 Å². The summed E-state index contributed by atoms with van der Waals surface area (Å²) in [6.07, 6.45) is 1.71. The third-order valence-electron chi connectivity index (χ3n) is 5.82. The summed E-state index contributed by atoms with van der Waals surface area (Å²) < 4.78 is 0.0354. The minimum Gasteiger partial charge on any atom is -0.365 e. The third kappa shape index (κ3) is 5.01. The van der Waals surface area contributed by atoms with E-state index in [1.807, 2.05) is 18.2 Å². The summed E-state index contributed by atoms with van der Waals surface area (Å²) in [7, 11) is -0.135. The lowest BCUT2D eigenvalue weighted by Gasteiger charge is -2.32. The van der Waals surface area contributed by atoms with Crippen LogP contribution in [-0.4, -0.2) is 42.6 Å². The van der Waals surface area contributed by atoms with E-state index in [0.717, 1.165) is 12.6 Å². The molecule has 5 nitrogen and oxygen atoms in total. The number of carbonyl (C=O) groups excluding carboxylic acids is 1. The second-order valence-electron chi connectivity index (χ2n) is 8.02. The Labute approximate surface area is 185 Å². The second kappa shape index (κ2) is 9.86. The number of hydrogen-bond donors (Lipinski definition) is 3. The largest absolute Gasteiger partial charge is 0.365 e. The van der Waals surface area contributed by atoms with Gasteiger partial charge in [0, 0.05) is 6.42 Å². The van der Waals surface area contributed by atoms with E-state index >= 15 is 0 Å². The molecule has 0 saturated heterocycles. The molecule has 0 aliphatic heterocycles. The minimum absolute atomic E-state index is 0.0305. The molecule has 3 rings (SSSR count). The number of rotatable bonds is 9. The highest BCUT2D eigenvalue weighted by atomic mass is 31.2. The lowest BCUT2D eigenvalue weighted by Crippen LogP contribution is -2.57. The van der Waals surface area contributed by atoms with Crippen LogP contribution in [0.25, 0.3) is 0 Å². The number of hydrogen-bond acceptors (Lipinski definition) is 2. The zero-order chi connectivity index (χ0) is 22.3. The van der Waals surface area contributed by atoms with Crippen molar-refractivity contribution in [3.8, 4) is 0 Å². The molecular weight excluding hydrogens is 403 g/mol. The predicted octanol–water partition coefficient (Wildman–Crippen LogP) is 2.20. The maximum absolute atomic E-state index is 11.6. The highest BCUT2D eigenvalue weighted by Gasteiger charge is 2.45. The van der Waals surface area contributed by atoms with Gasteiger partial charge in [-0.15, -0.1) is 0 Å². The Morgan fingerprint density at radius 3 is 1.52 bits per heavy atom. The molecule has 5 N–H and O–H groups in total. The molecular formula is C25H31N4OP+2. The normalized spacial score (nSPS) is 13.3. The topological polar surface area (TPSA) is 93.0 Å². The molecule has 1 amide bonds. The van der Waals surface area contributed by atoms with E-state index in [-0.39, 0.29) is 17.0 Å². The van der Waals surface area contributed by atoms with Crippen molar-refractivity contribution in [2.45, 2.75) is 6.42 Å². The molecule has 0 bridgehead atoms. The SMILES string of the molecule is C[N+](CCC[P+](c1ccccc1)(c1ccccc1)c1ccccc1)(CC(N)=O)C(=N)N. The number of nitrogens with one attached hydrogen (secondary N) is 1. The predicted molar refractivity (Wildman–Crippen MR) is 132 cm³/mol. The van der Waals surface area contributed by atoms with Crippen LogP contribution < -0.4 is 27.4 Å². The van der Waals surface area contributed by atoms with Crippen LogP contribution in [0.2, 0.25) is 0 Å². The Hall–Kier alpha value is -3.01. The fraction of sp³-hybridized carbons (Fsp3) is 0.200. The summed E-state index contributed by atoms with van der Waals surface area (Å²) in [4.78, 5) is 11.6. The van der Waals surface area contributed by atoms with Gasteiger partial charge in [0.15, 0.2) is 6.54 Å². The highest BCUT2D eigenvalue weighted by Crippen LogP contribution is 2.55. The van der Waals surface area contributed by atoms with Crippen LogP contribution in [0.3, 0.4) is 0 Å². The lowest BCUT2D eigenvalue weighted by atomic mass is 10.3. The number of quaternary nitrogens is 1. The Kier molecular flexibility index (Phi) is 7.21. The van der Waals surface area contributed by atoms with Gasteiger partial charge in [-0.25, -0.2) is 5.41 Å². The van der Waals surface area contributed by atoms with Gasteiger partial charge in [-0.05, 0) is 36.4 Å². The van der Waals surface area contributed by atoms with Crippen LogP contribution in [0.4, 0.5) is 0 Å². The van der Waals surface area contributed by atoms with Crippen molar-refractivity contribution in [3.05, 3.63) is 91.0 Å². The summed E-state index contributed by atoms with van der Waals surface area (Å²) >= 11 is 0.